The van der Waals surface area contributed by atoms with Crippen LogP contribution in [0.15, 0.2) is 18.3 Å². The summed E-state index contributed by atoms with van der Waals surface area (Å²) >= 11 is 0. The van der Waals surface area contributed by atoms with Crippen LogP contribution in [0.1, 0.15) is 0 Å². The number of hydrogen-bond acceptors (Lipinski definition) is 2. The van der Waals surface area contributed by atoms with Crippen molar-refractivity contribution in [2.75, 3.05) is 0 Å². The molecule has 9 heavy (non-hydrogen) atoms. The Bertz CT molecular complexity index is 318. The number of tetrazole rings is 1. The number of hydrogen-bond donors (Lipinski definition) is 0. The Kier molecular flexibility index (Phi) is 0.677. The van der Waals surface area contributed by atoms with E-state index in [1.807, 2.05) is 25.4 Å². The van der Waals surface area contributed by atoms with Gasteiger partial charge in [0.1, 0.15) is 0 Å². The molecule has 0 amide bonds. The van der Waals surface area contributed by atoms with Crippen molar-refractivity contribution in [1.29, 1.82) is 0 Å². The minimum absolute atomic E-state index is 1.01. The first-order valence-electron chi connectivity index (χ1n) is 2.71. The van der Waals surface area contributed by atoms with Gasteiger partial charge in [-0.2, -0.15) is 0 Å². The fraction of sp³-hybridized carbons (Fsp3) is 0.200. The van der Waals surface area contributed by atoms with Crippen molar-refractivity contribution in [3.8, 4) is 0 Å². The van der Waals surface area contributed by atoms with Crippen molar-refractivity contribution in [1.82, 2.24) is 19.6 Å². The maximum atomic E-state index is 3.81. The number of aryl methyl sites for hydroxylation is 1. The van der Waals surface area contributed by atoms with E-state index >= 15 is 0 Å². The van der Waals surface area contributed by atoms with E-state index in [-0.39, 0.29) is 0 Å². The molecule has 0 fully saturated rings. The standard InChI is InChI=1S/C5H6N4/c1-8-5-3-2-4-9(5)7-6-8/h2-4H,1H3. The molecule has 2 aromatic heterocycles. The van der Waals surface area contributed by atoms with Crippen LogP contribution in [0.3, 0.4) is 0 Å². The Morgan fingerprint density at radius 3 is 3.11 bits per heavy atom. The molecule has 0 spiro atoms. The lowest BCUT2D eigenvalue weighted by Gasteiger charge is -1.80. The molecule has 0 bridgehead atoms. The highest BCUT2D eigenvalue weighted by atomic mass is 15.6. The molecule has 0 aromatic carbocycles. The van der Waals surface area contributed by atoms with E-state index in [4.69, 9.17) is 0 Å². The van der Waals surface area contributed by atoms with Gasteiger partial charge in [0.15, 0.2) is 5.65 Å². The summed E-state index contributed by atoms with van der Waals surface area (Å²) in [5.74, 6) is 0. The molecule has 0 aliphatic carbocycles. The first-order valence-corrected chi connectivity index (χ1v) is 2.71. The molecule has 0 saturated carbocycles. The smallest absolute Gasteiger partial charge is 0.153 e. The molecular formula is C5H6N4. The molecule has 0 unspecified atom stereocenters. The highest BCUT2D eigenvalue weighted by Gasteiger charge is 1.94. The van der Waals surface area contributed by atoms with Crippen LogP contribution in [-0.4, -0.2) is 19.6 Å². The van der Waals surface area contributed by atoms with Gasteiger partial charge in [0.05, 0.1) is 0 Å². The van der Waals surface area contributed by atoms with E-state index < -0.39 is 0 Å². The third-order valence-electron chi connectivity index (χ3n) is 1.31. The minimum atomic E-state index is 1.01. The third-order valence-corrected chi connectivity index (χ3v) is 1.31. The Hall–Kier alpha value is -1.32. The molecule has 0 radical (unpaired) electrons. The molecule has 0 aliphatic heterocycles. The van der Waals surface area contributed by atoms with Gasteiger partial charge in [0.25, 0.3) is 0 Å². The van der Waals surface area contributed by atoms with Crippen molar-refractivity contribution >= 4 is 5.65 Å². The largest absolute Gasteiger partial charge is 0.231 e. The summed E-state index contributed by atoms with van der Waals surface area (Å²) in [4.78, 5) is 0. The molecule has 0 atom stereocenters. The normalized spacial score (nSPS) is 10.8. The maximum absolute atomic E-state index is 3.81. The highest BCUT2D eigenvalue weighted by molar-refractivity contribution is 5.36. The Balaban J connectivity index is 2.99. The van der Waals surface area contributed by atoms with E-state index in [1.54, 1.807) is 9.20 Å². The summed E-state index contributed by atoms with van der Waals surface area (Å²) in [5, 5.41) is 7.59. The van der Waals surface area contributed by atoms with Crippen LogP contribution >= 0.6 is 0 Å². The van der Waals surface area contributed by atoms with Gasteiger partial charge in [0.2, 0.25) is 0 Å². The zero-order valence-electron chi connectivity index (χ0n) is 5.02. The molecule has 2 aromatic rings. The van der Waals surface area contributed by atoms with Crippen molar-refractivity contribution in [3.63, 3.8) is 0 Å². The monoisotopic (exact) mass is 122 g/mol. The lowest BCUT2D eigenvalue weighted by molar-refractivity contribution is 0.712. The van der Waals surface area contributed by atoms with E-state index in [2.05, 4.69) is 10.4 Å². The van der Waals surface area contributed by atoms with Crippen LogP contribution in [0.4, 0.5) is 0 Å². The molecule has 2 heterocycles. The summed E-state index contributed by atoms with van der Waals surface area (Å²) in [6.45, 7) is 0. The fourth-order valence-corrected chi connectivity index (χ4v) is 0.844. The average Bonchev–Trinajstić information content (AvgIpc) is 2.35. The van der Waals surface area contributed by atoms with Gasteiger partial charge in [-0.3, -0.25) is 0 Å². The van der Waals surface area contributed by atoms with Gasteiger partial charge in [-0.25, -0.2) is 9.20 Å². The number of rotatable bonds is 0. The average molecular weight is 122 g/mol. The predicted molar refractivity (Wildman–Crippen MR) is 32.0 cm³/mol. The molecule has 0 saturated heterocycles. The van der Waals surface area contributed by atoms with E-state index in [0.29, 0.717) is 0 Å². The first-order chi connectivity index (χ1) is 4.38. The van der Waals surface area contributed by atoms with Gasteiger partial charge in [-0.05, 0) is 22.6 Å². The first kappa shape index (κ1) is 4.55. The van der Waals surface area contributed by atoms with Gasteiger partial charge in [-0.1, -0.05) is 0 Å². The van der Waals surface area contributed by atoms with Crippen molar-refractivity contribution in [2.45, 2.75) is 0 Å². The second kappa shape index (κ2) is 1.34. The second-order valence-electron chi connectivity index (χ2n) is 1.91. The maximum Gasteiger partial charge on any atom is 0.153 e. The molecule has 46 valence electrons. The SMILES string of the molecule is Cn1nnn2cccc12. The molecule has 4 heteroatoms. The fourth-order valence-electron chi connectivity index (χ4n) is 0.844. The van der Waals surface area contributed by atoms with E-state index in [9.17, 15) is 0 Å². The highest BCUT2D eigenvalue weighted by Crippen LogP contribution is 1.96. The number of nitrogens with zero attached hydrogens (tertiary/aromatic N) is 4. The summed E-state index contributed by atoms with van der Waals surface area (Å²) in [6.07, 6.45) is 1.86. The summed E-state index contributed by atoms with van der Waals surface area (Å²) in [7, 11) is 1.86. The lowest BCUT2D eigenvalue weighted by Crippen LogP contribution is -1.88. The Morgan fingerprint density at radius 2 is 2.33 bits per heavy atom. The van der Waals surface area contributed by atoms with Crippen LogP contribution in [0.25, 0.3) is 5.65 Å². The third kappa shape index (κ3) is 0.468. The van der Waals surface area contributed by atoms with Gasteiger partial charge in [-0.15, -0.1) is 0 Å². The van der Waals surface area contributed by atoms with E-state index in [1.165, 1.54) is 0 Å². The van der Waals surface area contributed by atoms with Crippen LogP contribution < -0.4 is 0 Å². The van der Waals surface area contributed by atoms with Crippen LogP contribution in [-0.2, 0) is 7.05 Å². The van der Waals surface area contributed by atoms with Crippen LogP contribution in [0, 0.1) is 0 Å². The number of aromatic nitrogens is 4. The van der Waals surface area contributed by atoms with Crippen molar-refractivity contribution < 1.29 is 0 Å². The molecule has 4 nitrogen and oxygen atoms in total. The van der Waals surface area contributed by atoms with Gasteiger partial charge in [0, 0.05) is 13.2 Å². The Morgan fingerprint density at radius 1 is 1.44 bits per heavy atom. The van der Waals surface area contributed by atoms with Crippen molar-refractivity contribution in [3.05, 3.63) is 18.3 Å². The van der Waals surface area contributed by atoms with Gasteiger partial charge < -0.3 is 0 Å². The molecule has 0 N–H and O–H groups in total. The van der Waals surface area contributed by atoms with Crippen LogP contribution in [0.2, 0.25) is 0 Å². The quantitative estimate of drug-likeness (QED) is 0.495. The molecule has 0 aliphatic rings. The minimum Gasteiger partial charge on any atom is -0.231 e. The summed E-state index contributed by atoms with van der Waals surface area (Å²) < 4.78 is 3.44. The van der Waals surface area contributed by atoms with Gasteiger partial charge >= 0.3 is 0 Å². The molecular weight excluding hydrogens is 116 g/mol. The zero-order valence-corrected chi connectivity index (χ0v) is 5.02. The zero-order chi connectivity index (χ0) is 6.27. The number of fused-ring (bicyclic) bond motifs is 1. The van der Waals surface area contributed by atoms with Crippen LogP contribution in [0.5, 0.6) is 0 Å². The molecule has 2 rings (SSSR count). The summed E-state index contributed by atoms with van der Waals surface area (Å²) in [6, 6.07) is 3.89. The van der Waals surface area contributed by atoms with E-state index in [0.717, 1.165) is 5.65 Å². The second-order valence-corrected chi connectivity index (χ2v) is 1.91. The summed E-state index contributed by atoms with van der Waals surface area (Å²) in [5.41, 5.74) is 1.01. The topological polar surface area (TPSA) is 35.1 Å². The predicted octanol–water partition coefficient (Wildman–Crippen LogP) is 0.0678. The van der Waals surface area contributed by atoms with Crippen molar-refractivity contribution in [2.24, 2.45) is 7.05 Å². The Labute approximate surface area is 51.7 Å². The lowest BCUT2D eigenvalue weighted by atomic mass is 10.6.